The molecule has 0 saturated carbocycles. The molecule has 3 atom stereocenters. The van der Waals surface area contributed by atoms with Crippen LogP contribution in [-0.2, 0) is 16.2 Å². The summed E-state index contributed by atoms with van der Waals surface area (Å²) in [7, 11) is 0. The summed E-state index contributed by atoms with van der Waals surface area (Å²) in [6.07, 6.45) is 0. The number of carboxylic acids is 1. The summed E-state index contributed by atoms with van der Waals surface area (Å²) in [5.41, 5.74) is 0.997. The standard InChI is InChI=1S/C14H19NO3S/c1-14(2,3)19(18)15-9-11(12(15)13(16)17)10-7-5-4-6-8-10/h4-8,11-12H,9H2,1-3H3,(H,16,17)/t11-,12+,19?/m0/s1. The predicted octanol–water partition coefficient (Wildman–Crippen LogP) is 2.00. The number of hydrogen-bond acceptors (Lipinski definition) is 3. The van der Waals surface area contributed by atoms with Crippen molar-refractivity contribution in [2.75, 3.05) is 6.54 Å². The number of carboxylic acid groups (broad SMARTS) is 1. The monoisotopic (exact) mass is 281 g/mol. The summed E-state index contributed by atoms with van der Waals surface area (Å²) >= 11 is -1.29. The molecule has 19 heavy (non-hydrogen) atoms. The van der Waals surface area contributed by atoms with Crippen LogP contribution in [0.25, 0.3) is 0 Å². The third kappa shape index (κ3) is 2.78. The van der Waals surface area contributed by atoms with Crippen molar-refractivity contribution in [2.45, 2.75) is 37.5 Å². The molecule has 1 aliphatic rings. The molecule has 0 aliphatic carbocycles. The SMILES string of the molecule is CC(C)(C)[S+]([O-])N1C[C@@H](c2ccccc2)[C@@H]1C(=O)O. The fourth-order valence-electron chi connectivity index (χ4n) is 2.28. The van der Waals surface area contributed by atoms with Gasteiger partial charge in [-0.2, -0.15) is 0 Å². The molecule has 0 aromatic heterocycles. The van der Waals surface area contributed by atoms with Gasteiger partial charge in [-0.1, -0.05) is 30.3 Å². The van der Waals surface area contributed by atoms with E-state index in [0.717, 1.165) is 5.56 Å². The molecule has 2 rings (SSSR count). The van der Waals surface area contributed by atoms with E-state index in [-0.39, 0.29) is 5.92 Å². The van der Waals surface area contributed by atoms with Gasteiger partial charge in [0, 0.05) is 17.3 Å². The number of rotatable bonds is 3. The van der Waals surface area contributed by atoms with Crippen molar-refractivity contribution in [3.63, 3.8) is 0 Å². The molecule has 5 heteroatoms. The molecular formula is C14H19NO3S. The van der Waals surface area contributed by atoms with Crippen LogP contribution in [0.15, 0.2) is 30.3 Å². The van der Waals surface area contributed by atoms with Gasteiger partial charge in [0.25, 0.3) is 0 Å². The van der Waals surface area contributed by atoms with Gasteiger partial charge in [-0.15, -0.1) is 4.31 Å². The van der Waals surface area contributed by atoms with Gasteiger partial charge in [0.1, 0.15) is 4.75 Å². The molecule has 1 fully saturated rings. The van der Waals surface area contributed by atoms with Crippen LogP contribution in [-0.4, -0.2) is 37.3 Å². The van der Waals surface area contributed by atoms with Gasteiger partial charge in [-0.25, -0.2) is 0 Å². The van der Waals surface area contributed by atoms with E-state index in [0.29, 0.717) is 6.54 Å². The molecule has 1 unspecified atom stereocenters. The minimum Gasteiger partial charge on any atom is -0.597 e. The van der Waals surface area contributed by atoms with Crippen LogP contribution in [0.3, 0.4) is 0 Å². The Labute approximate surface area is 116 Å². The maximum atomic E-state index is 12.3. The van der Waals surface area contributed by atoms with Crippen LogP contribution in [0.4, 0.5) is 0 Å². The molecule has 4 nitrogen and oxygen atoms in total. The van der Waals surface area contributed by atoms with E-state index in [1.165, 1.54) is 0 Å². The second kappa shape index (κ2) is 5.15. The van der Waals surface area contributed by atoms with E-state index in [2.05, 4.69) is 0 Å². The van der Waals surface area contributed by atoms with Crippen molar-refractivity contribution in [3.05, 3.63) is 35.9 Å². The van der Waals surface area contributed by atoms with Gasteiger partial charge in [0.05, 0.1) is 6.54 Å². The summed E-state index contributed by atoms with van der Waals surface area (Å²) in [4.78, 5) is 11.4. The second-order valence-corrected chi connectivity index (χ2v) is 7.95. The topological polar surface area (TPSA) is 63.6 Å². The lowest BCUT2D eigenvalue weighted by Gasteiger charge is -2.47. The Balaban J connectivity index is 2.18. The van der Waals surface area contributed by atoms with Crippen LogP contribution in [0, 0.1) is 0 Å². The van der Waals surface area contributed by atoms with Gasteiger partial charge in [-0.3, -0.25) is 4.79 Å². The highest BCUT2D eigenvalue weighted by atomic mass is 32.2. The molecule has 1 aromatic rings. The summed E-state index contributed by atoms with van der Waals surface area (Å²) in [6.45, 7) is 6.11. The summed E-state index contributed by atoms with van der Waals surface area (Å²) < 4.78 is 13.5. The van der Waals surface area contributed by atoms with Gasteiger partial charge in [0.15, 0.2) is 6.04 Å². The van der Waals surface area contributed by atoms with E-state index in [9.17, 15) is 14.5 Å². The number of benzene rings is 1. The van der Waals surface area contributed by atoms with Crippen molar-refractivity contribution in [3.8, 4) is 0 Å². The second-order valence-electron chi connectivity index (χ2n) is 5.76. The molecule has 0 amide bonds. The molecule has 0 radical (unpaired) electrons. The third-order valence-corrected chi connectivity index (χ3v) is 5.14. The van der Waals surface area contributed by atoms with Crippen molar-refractivity contribution < 1.29 is 14.5 Å². The van der Waals surface area contributed by atoms with Crippen molar-refractivity contribution in [1.82, 2.24) is 4.31 Å². The van der Waals surface area contributed by atoms with Crippen molar-refractivity contribution in [1.29, 1.82) is 0 Å². The van der Waals surface area contributed by atoms with Crippen LogP contribution in [0.5, 0.6) is 0 Å². The fourth-order valence-corrected chi connectivity index (χ4v) is 3.72. The molecule has 0 bridgehead atoms. The first-order valence-corrected chi connectivity index (χ1v) is 7.39. The molecule has 1 N–H and O–H groups in total. The molecule has 1 heterocycles. The quantitative estimate of drug-likeness (QED) is 0.861. The molecule has 1 aliphatic heterocycles. The van der Waals surface area contributed by atoms with E-state index in [4.69, 9.17) is 0 Å². The summed E-state index contributed by atoms with van der Waals surface area (Å²) in [5, 5.41) is 9.37. The van der Waals surface area contributed by atoms with Crippen molar-refractivity contribution in [2.24, 2.45) is 0 Å². The lowest BCUT2D eigenvalue weighted by molar-refractivity contribution is -0.146. The van der Waals surface area contributed by atoms with Gasteiger partial charge in [-0.05, 0) is 26.3 Å². The zero-order valence-corrected chi connectivity index (χ0v) is 12.2. The lowest BCUT2D eigenvalue weighted by Crippen LogP contribution is -2.63. The Kier molecular flexibility index (Phi) is 3.90. The zero-order valence-electron chi connectivity index (χ0n) is 11.4. The Morgan fingerprint density at radius 3 is 2.42 bits per heavy atom. The number of hydrogen-bond donors (Lipinski definition) is 1. The largest absolute Gasteiger partial charge is 0.597 e. The average molecular weight is 281 g/mol. The van der Waals surface area contributed by atoms with E-state index in [1.54, 1.807) is 4.31 Å². The lowest BCUT2D eigenvalue weighted by atomic mass is 9.85. The van der Waals surface area contributed by atoms with Gasteiger partial charge in [0.2, 0.25) is 0 Å². The maximum absolute atomic E-state index is 12.3. The highest BCUT2D eigenvalue weighted by Crippen LogP contribution is 2.39. The molecular weight excluding hydrogens is 262 g/mol. The van der Waals surface area contributed by atoms with E-state index in [1.807, 2.05) is 51.1 Å². The fraction of sp³-hybridized carbons (Fsp3) is 0.500. The van der Waals surface area contributed by atoms with Crippen molar-refractivity contribution >= 4 is 17.3 Å². The average Bonchev–Trinajstić information content (AvgIpc) is 2.27. The maximum Gasteiger partial charge on any atom is 0.326 e. The van der Waals surface area contributed by atoms with Crippen LogP contribution >= 0.6 is 0 Å². The smallest absolute Gasteiger partial charge is 0.326 e. The highest BCUT2D eigenvalue weighted by Gasteiger charge is 2.53. The Hall–Kier alpha value is -1.04. The number of carbonyl (C=O) groups is 1. The normalized spacial score (nSPS) is 25.7. The summed E-state index contributed by atoms with van der Waals surface area (Å²) in [5.74, 6) is -0.984. The van der Waals surface area contributed by atoms with E-state index < -0.39 is 28.1 Å². The first kappa shape index (κ1) is 14.4. The first-order valence-electron chi connectivity index (χ1n) is 6.29. The molecule has 1 aromatic carbocycles. The van der Waals surface area contributed by atoms with Gasteiger partial charge < -0.3 is 9.66 Å². The van der Waals surface area contributed by atoms with Crippen LogP contribution in [0.2, 0.25) is 0 Å². The highest BCUT2D eigenvalue weighted by molar-refractivity contribution is 7.90. The molecule has 104 valence electrons. The minimum atomic E-state index is -1.29. The van der Waals surface area contributed by atoms with Crippen LogP contribution < -0.4 is 0 Å². The Morgan fingerprint density at radius 2 is 1.95 bits per heavy atom. The number of aliphatic carboxylic acids is 1. The minimum absolute atomic E-state index is 0.0787. The Morgan fingerprint density at radius 1 is 1.37 bits per heavy atom. The zero-order chi connectivity index (χ0) is 14.2. The third-order valence-electron chi connectivity index (χ3n) is 3.29. The molecule has 0 spiro atoms. The summed E-state index contributed by atoms with van der Waals surface area (Å²) in [6, 6.07) is 8.87. The van der Waals surface area contributed by atoms with Gasteiger partial charge >= 0.3 is 5.97 Å². The Bertz CT molecular complexity index is 458. The predicted molar refractivity (Wildman–Crippen MR) is 75.2 cm³/mol. The van der Waals surface area contributed by atoms with Crippen LogP contribution in [0.1, 0.15) is 32.3 Å². The molecule has 1 saturated heterocycles. The van der Waals surface area contributed by atoms with E-state index >= 15 is 0 Å². The first-order chi connectivity index (χ1) is 8.82. The number of nitrogens with zero attached hydrogens (tertiary/aromatic N) is 1.